The van der Waals surface area contributed by atoms with E-state index in [1.54, 1.807) is 13.2 Å². The molecule has 0 bridgehead atoms. The maximum Gasteiger partial charge on any atom is 0.267 e. The number of carbonyl (C=O) groups is 1. The van der Waals surface area contributed by atoms with Crippen LogP contribution in [0.1, 0.15) is 32.6 Å². The Morgan fingerprint density at radius 3 is 2.39 bits per heavy atom. The number of methoxy groups -OCH3 is 1. The smallest absolute Gasteiger partial charge is 0.267 e. The lowest BCUT2D eigenvalue weighted by atomic mass is 9.97. The SMILES string of the molecule is COc1ccc(C)cc1-n1c(=O)c2ccccc2n2c(SCC(=O)c3c(C)cc(C)cc3C)nnc12. The van der Waals surface area contributed by atoms with Crippen LogP contribution < -0.4 is 10.3 Å². The summed E-state index contributed by atoms with van der Waals surface area (Å²) in [6.07, 6.45) is 0. The molecule has 0 aliphatic carbocycles. The van der Waals surface area contributed by atoms with Crippen LogP contribution in [0, 0.1) is 27.7 Å². The van der Waals surface area contributed by atoms with E-state index in [2.05, 4.69) is 10.2 Å². The van der Waals surface area contributed by atoms with Crippen LogP contribution in [0.4, 0.5) is 0 Å². The maximum atomic E-state index is 13.7. The first-order valence-electron chi connectivity index (χ1n) is 11.6. The summed E-state index contributed by atoms with van der Waals surface area (Å²) in [6.45, 7) is 7.91. The van der Waals surface area contributed by atoms with Gasteiger partial charge in [-0.3, -0.25) is 14.0 Å². The van der Waals surface area contributed by atoms with Gasteiger partial charge in [-0.15, -0.1) is 10.2 Å². The molecule has 8 heteroatoms. The van der Waals surface area contributed by atoms with Gasteiger partial charge in [-0.05, 0) is 68.7 Å². The van der Waals surface area contributed by atoms with Crippen LogP contribution in [0.5, 0.6) is 5.75 Å². The molecule has 0 amide bonds. The third-order valence-electron chi connectivity index (χ3n) is 6.26. The van der Waals surface area contributed by atoms with Crippen LogP contribution >= 0.6 is 11.8 Å². The van der Waals surface area contributed by atoms with Crippen molar-refractivity contribution in [2.24, 2.45) is 0 Å². The first-order chi connectivity index (χ1) is 17.3. The number of rotatable bonds is 6. The number of aryl methyl sites for hydroxylation is 4. The Balaban J connectivity index is 1.66. The molecule has 0 atom stereocenters. The van der Waals surface area contributed by atoms with E-state index < -0.39 is 0 Å². The van der Waals surface area contributed by atoms with Crippen molar-refractivity contribution in [3.8, 4) is 11.4 Å². The molecule has 182 valence electrons. The Hall–Kier alpha value is -3.91. The summed E-state index contributed by atoms with van der Waals surface area (Å²) >= 11 is 1.31. The largest absolute Gasteiger partial charge is 0.495 e. The zero-order chi connectivity index (χ0) is 25.6. The molecule has 36 heavy (non-hydrogen) atoms. The Labute approximate surface area is 212 Å². The van der Waals surface area contributed by atoms with E-state index in [1.165, 1.54) is 16.3 Å². The number of thioether (sulfide) groups is 1. The summed E-state index contributed by atoms with van der Waals surface area (Å²) in [5.41, 5.74) is 5.85. The molecule has 0 radical (unpaired) electrons. The van der Waals surface area contributed by atoms with E-state index in [1.807, 2.05) is 80.6 Å². The Morgan fingerprint density at radius 1 is 0.944 bits per heavy atom. The highest BCUT2D eigenvalue weighted by Gasteiger charge is 2.21. The molecular weight excluding hydrogens is 472 g/mol. The molecule has 2 aromatic heterocycles. The van der Waals surface area contributed by atoms with Crippen molar-refractivity contribution >= 4 is 34.2 Å². The van der Waals surface area contributed by atoms with Crippen LogP contribution in [-0.4, -0.2) is 37.8 Å². The Bertz CT molecular complexity index is 1700. The van der Waals surface area contributed by atoms with E-state index in [0.717, 1.165) is 27.8 Å². The van der Waals surface area contributed by atoms with Crippen LogP contribution in [0.3, 0.4) is 0 Å². The zero-order valence-corrected chi connectivity index (χ0v) is 21.6. The van der Waals surface area contributed by atoms with Gasteiger partial charge >= 0.3 is 0 Å². The van der Waals surface area contributed by atoms with Gasteiger partial charge in [0.15, 0.2) is 10.9 Å². The van der Waals surface area contributed by atoms with E-state index in [-0.39, 0.29) is 17.1 Å². The first-order valence-corrected chi connectivity index (χ1v) is 12.6. The van der Waals surface area contributed by atoms with Gasteiger partial charge in [0.1, 0.15) is 5.75 Å². The van der Waals surface area contributed by atoms with Gasteiger partial charge in [0.05, 0.1) is 29.5 Å². The van der Waals surface area contributed by atoms with Crippen LogP contribution in [0.15, 0.2) is 64.5 Å². The van der Waals surface area contributed by atoms with Crippen molar-refractivity contribution in [2.75, 3.05) is 12.9 Å². The number of hydrogen-bond acceptors (Lipinski definition) is 6. The molecule has 0 N–H and O–H groups in total. The van der Waals surface area contributed by atoms with Gasteiger partial charge < -0.3 is 4.74 Å². The quantitative estimate of drug-likeness (QED) is 0.235. The van der Waals surface area contributed by atoms with Crippen molar-refractivity contribution in [3.63, 3.8) is 0 Å². The van der Waals surface area contributed by atoms with Gasteiger partial charge in [0, 0.05) is 5.56 Å². The summed E-state index contributed by atoms with van der Waals surface area (Å²) < 4.78 is 8.94. The fourth-order valence-electron chi connectivity index (χ4n) is 4.79. The van der Waals surface area contributed by atoms with E-state index in [4.69, 9.17) is 4.74 Å². The third kappa shape index (κ3) is 3.97. The van der Waals surface area contributed by atoms with E-state index >= 15 is 0 Å². The summed E-state index contributed by atoms with van der Waals surface area (Å²) in [5, 5.41) is 9.85. The van der Waals surface area contributed by atoms with Crippen molar-refractivity contribution in [3.05, 3.63) is 92.8 Å². The van der Waals surface area contributed by atoms with Crippen LogP contribution in [0.25, 0.3) is 22.4 Å². The summed E-state index contributed by atoms with van der Waals surface area (Å²) in [5.74, 6) is 1.15. The zero-order valence-electron chi connectivity index (χ0n) is 20.8. The van der Waals surface area contributed by atoms with Crippen LogP contribution in [-0.2, 0) is 0 Å². The lowest BCUT2D eigenvalue weighted by molar-refractivity contribution is 0.102. The second-order valence-electron chi connectivity index (χ2n) is 8.94. The van der Waals surface area contributed by atoms with Crippen molar-refractivity contribution in [2.45, 2.75) is 32.9 Å². The average Bonchev–Trinajstić information content (AvgIpc) is 3.26. The topological polar surface area (TPSA) is 78.5 Å². The number of benzene rings is 3. The molecule has 0 saturated heterocycles. The number of nitrogens with zero attached hydrogens (tertiary/aromatic N) is 4. The Morgan fingerprint density at radius 2 is 1.67 bits per heavy atom. The normalized spacial score (nSPS) is 11.4. The molecular formula is C28H26N4O3S. The number of aromatic nitrogens is 4. The molecule has 5 rings (SSSR count). The number of ether oxygens (including phenoxy) is 1. The number of para-hydroxylation sites is 1. The fraction of sp³-hybridized carbons (Fsp3) is 0.214. The van der Waals surface area contributed by atoms with Crippen molar-refractivity contribution in [1.82, 2.24) is 19.2 Å². The Kier molecular flexibility index (Phi) is 6.14. The van der Waals surface area contributed by atoms with Gasteiger partial charge in [-0.25, -0.2) is 4.57 Å². The molecule has 0 unspecified atom stereocenters. The molecule has 5 aromatic rings. The molecule has 3 aromatic carbocycles. The summed E-state index contributed by atoms with van der Waals surface area (Å²) in [4.78, 5) is 26.9. The van der Waals surface area contributed by atoms with Gasteiger partial charge in [0.25, 0.3) is 5.56 Å². The molecule has 7 nitrogen and oxygen atoms in total. The predicted octanol–water partition coefficient (Wildman–Crippen LogP) is 5.25. The maximum absolute atomic E-state index is 13.7. The van der Waals surface area contributed by atoms with Gasteiger partial charge in [0.2, 0.25) is 5.78 Å². The molecule has 2 heterocycles. The highest BCUT2D eigenvalue weighted by atomic mass is 32.2. The lowest BCUT2D eigenvalue weighted by Gasteiger charge is -2.15. The second kappa shape index (κ2) is 9.28. The number of carbonyl (C=O) groups excluding carboxylic acids is 1. The number of ketones is 1. The highest BCUT2D eigenvalue weighted by Crippen LogP contribution is 2.28. The van der Waals surface area contributed by atoms with Crippen molar-refractivity contribution < 1.29 is 9.53 Å². The van der Waals surface area contributed by atoms with E-state index in [0.29, 0.717) is 33.3 Å². The van der Waals surface area contributed by atoms with Gasteiger partial charge in [-0.2, -0.15) is 0 Å². The molecule has 0 aliphatic heterocycles. The summed E-state index contributed by atoms with van der Waals surface area (Å²) in [7, 11) is 1.57. The standard InChI is InChI=1S/C28H26N4O3S/c1-16-10-11-24(35-5)22(14-16)31-26(34)20-8-6-7-9-21(20)32-27(31)29-30-28(32)36-15-23(33)25-18(3)12-17(2)13-19(25)4/h6-14H,15H2,1-5H3. The van der Waals surface area contributed by atoms with Gasteiger partial charge in [-0.1, -0.05) is 47.7 Å². The fourth-order valence-corrected chi connectivity index (χ4v) is 5.60. The number of Topliss-reactive ketones (excluding diaryl/α,β-unsaturated/α-hetero) is 1. The highest BCUT2D eigenvalue weighted by molar-refractivity contribution is 7.99. The molecule has 0 spiro atoms. The van der Waals surface area contributed by atoms with Crippen molar-refractivity contribution in [1.29, 1.82) is 0 Å². The minimum absolute atomic E-state index is 0.0322. The monoisotopic (exact) mass is 498 g/mol. The first kappa shape index (κ1) is 23.8. The molecule has 0 fully saturated rings. The predicted molar refractivity (Wildman–Crippen MR) is 143 cm³/mol. The number of fused-ring (bicyclic) bond motifs is 3. The minimum atomic E-state index is -0.215. The number of hydrogen-bond donors (Lipinski definition) is 0. The van der Waals surface area contributed by atoms with E-state index in [9.17, 15) is 9.59 Å². The lowest BCUT2D eigenvalue weighted by Crippen LogP contribution is -2.22. The molecule has 0 aliphatic rings. The summed E-state index contributed by atoms with van der Waals surface area (Å²) in [6, 6.07) is 17.1. The molecule has 0 saturated carbocycles. The minimum Gasteiger partial charge on any atom is -0.495 e. The third-order valence-corrected chi connectivity index (χ3v) is 7.19. The van der Waals surface area contributed by atoms with Crippen LogP contribution in [0.2, 0.25) is 0 Å². The second-order valence-corrected chi connectivity index (χ2v) is 9.88. The average molecular weight is 499 g/mol.